The fourth-order valence-corrected chi connectivity index (χ4v) is 5.77. The van der Waals surface area contributed by atoms with Gasteiger partial charge in [-0.05, 0) is 48.9 Å². The predicted octanol–water partition coefficient (Wildman–Crippen LogP) is 5.71. The molecule has 0 spiro atoms. The van der Waals surface area contributed by atoms with Crippen molar-refractivity contribution < 1.29 is 19.1 Å². The second-order valence-corrected chi connectivity index (χ2v) is 9.06. The summed E-state index contributed by atoms with van der Waals surface area (Å²) < 4.78 is 5.78. The van der Waals surface area contributed by atoms with Crippen LogP contribution in [0.25, 0.3) is 11.0 Å². The first-order chi connectivity index (χ1) is 14.6. The van der Waals surface area contributed by atoms with Crippen molar-refractivity contribution >= 4 is 34.0 Å². The van der Waals surface area contributed by atoms with Crippen molar-refractivity contribution in [3.63, 3.8) is 0 Å². The molecule has 0 bridgehead atoms. The molecule has 1 fully saturated rings. The van der Waals surface area contributed by atoms with Gasteiger partial charge in [-0.25, -0.2) is 0 Å². The fourth-order valence-electron chi connectivity index (χ4n) is 4.74. The van der Waals surface area contributed by atoms with Gasteiger partial charge in [0.15, 0.2) is 11.5 Å². The molecule has 5 rings (SSSR count). The number of carbonyl (C=O) groups is 2. The van der Waals surface area contributed by atoms with Crippen LogP contribution in [0.2, 0.25) is 0 Å². The summed E-state index contributed by atoms with van der Waals surface area (Å²) in [6.07, 6.45) is 5.06. The Kier molecular flexibility index (Phi) is 4.74. The maximum absolute atomic E-state index is 13.5. The lowest BCUT2D eigenvalue weighted by molar-refractivity contribution is -0.132. The molecule has 1 aliphatic heterocycles. The Morgan fingerprint density at radius 1 is 1.17 bits per heavy atom. The van der Waals surface area contributed by atoms with Crippen LogP contribution >= 0.6 is 11.3 Å². The minimum absolute atomic E-state index is 0.0286. The third kappa shape index (κ3) is 2.98. The monoisotopic (exact) mass is 421 g/mol. The molecule has 0 radical (unpaired) electrons. The number of aliphatic hydroxyl groups is 1. The third-order valence-electron chi connectivity index (χ3n) is 6.26. The van der Waals surface area contributed by atoms with Crippen molar-refractivity contribution in [2.45, 2.75) is 51.1 Å². The van der Waals surface area contributed by atoms with Crippen molar-refractivity contribution in [2.24, 2.45) is 0 Å². The van der Waals surface area contributed by atoms with E-state index in [1.54, 1.807) is 17.0 Å². The van der Waals surface area contributed by atoms with Gasteiger partial charge in [0.05, 0.1) is 5.57 Å². The molecule has 3 aromatic rings. The number of thiophene rings is 1. The maximum Gasteiger partial charge on any atom is 0.290 e. The van der Waals surface area contributed by atoms with Gasteiger partial charge in [-0.3, -0.25) is 9.59 Å². The quantitative estimate of drug-likeness (QED) is 0.548. The van der Waals surface area contributed by atoms with E-state index in [0.29, 0.717) is 5.58 Å². The Balaban J connectivity index is 1.61. The molecule has 1 saturated carbocycles. The van der Waals surface area contributed by atoms with Crippen LogP contribution in [0.1, 0.15) is 59.1 Å². The zero-order valence-corrected chi connectivity index (χ0v) is 17.6. The van der Waals surface area contributed by atoms with Crippen molar-refractivity contribution in [1.82, 2.24) is 4.90 Å². The number of hydrogen-bond acceptors (Lipinski definition) is 5. The summed E-state index contributed by atoms with van der Waals surface area (Å²) in [6, 6.07) is 10.5. The van der Waals surface area contributed by atoms with Gasteiger partial charge in [0, 0.05) is 16.3 Å². The van der Waals surface area contributed by atoms with E-state index in [-0.39, 0.29) is 17.4 Å². The molecule has 3 heterocycles. The molecule has 1 aliphatic carbocycles. The van der Waals surface area contributed by atoms with Crippen molar-refractivity contribution in [3.05, 3.63) is 69.3 Å². The number of carbonyl (C=O) groups excluding carboxylic acids is 2. The first kappa shape index (κ1) is 19.1. The lowest BCUT2D eigenvalue weighted by Crippen LogP contribution is -2.41. The Hall–Kier alpha value is -2.86. The van der Waals surface area contributed by atoms with Gasteiger partial charge in [-0.2, -0.15) is 0 Å². The van der Waals surface area contributed by atoms with Crippen LogP contribution < -0.4 is 0 Å². The Morgan fingerprint density at radius 2 is 1.93 bits per heavy atom. The Bertz CT molecular complexity index is 1130. The number of nitrogens with zero attached hydrogens (tertiary/aromatic N) is 1. The van der Waals surface area contributed by atoms with Crippen LogP contribution in [-0.4, -0.2) is 27.7 Å². The second-order valence-electron chi connectivity index (χ2n) is 8.11. The van der Waals surface area contributed by atoms with Gasteiger partial charge >= 0.3 is 0 Å². The lowest BCUT2D eigenvalue weighted by Gasteiger charge is -2.36. The molecule has 1 aromatic carbocycles. The van der Waals surface area contributed by atoms with Gasteiger partial charge in [-0.1, -0.05) is 37.5 Å². The summed E-state index contributed by atoms with van der Waals surface area (Å²) in [5.41, 5.74) is 1.76. The van der Waals surface area contributed by atoms with Gasteiger partial charge in [0.2, 0.25) is 5.78 Å². The number of aryl methyl sites for hydroxylation is 1. The molecule has 2 aromatic heterocycles. The smallest absolute Gasteiger partial charge is 0.290 e. The summed E-state index contributed by atoms with van der Waals surface area (Å²) >= 11 is 1.52. The van der Waals surface area contributed by atoms with Crippen LogP contribution in [0.5, 0.6) is 0 Å². The number of Topliss-reactive ketones (excluding diaryl/α,β-unsaturated/α-hetero) is 1. The molecule has 5 nitrogen and oxygen atoms in total. The van der Waals surface area contributed by atoms with E-state index in [1.165, 1.54) is 11.3 Å². The SMILES string of the molecule is Cc1ccsc1C1C(C(=O)c2cc3ccccc3o2)=C(O)C(=O)N1C1CCCCC1. The highest BCUT2D eigenvalue weighted by molar-refractivity contribution is 7.10. The minimum Gasteiger partial charge on any atom is -0.503 e. The average Bonchev–Trinajstić information content (AvgIpc) is 3.45. The van der Waals surface area contributed by atoms with Gasteiger partial charge in [0.25, 0.3) is 5.91 Å². The van der Waals surface area contributed by atoms with E-state index in [1.807, 2.05) is 36.6 Å². The summed E-state index contributed by atoms with van der Waals surface area (Å²) in [6.45, 7) is 1.98. The molecule has 154 valence electrons. The number of ketones is 1. The second kappa shape index (κ2) is 7.43. The van der Waals surface area contributed by atoms with Crippen LogP contribution in [0.4, 0.5) is 0 Å². The Morgan fingerprint density at radius 3 is 2.63 bits per heavy atom. The predicted molar refractivity (Wildman–Crippen MR) is 116 cm³/mol. The lowest BCUT2D eigenvalue weighted by atomic mass is 9.91. The molecule has 1 atom stereocenters. The molecule has 1 amide bonds. The molecule has 1 N–H and O–H groups in total. The molecule has 30 heavy (non-hydrogen) atoms. The summed E-state index contributed by atoms with van der Waals surface area (Å²) in [5, 5.41) is 13.6. The number of aliphatic hydroxyl groups excluding tert-OH is 1. The Labute approximate surface area is 178 Å². The largest absolute Gasteiger partial charge is 0.503 e. The molecule has 2 aliphatic rings. The summed E-state index contributed by atoms with van der Waals surface area (Å²) in [7, 11) is 0. The molecule has 6 heteroatoms. The first-order valence-electron chi connectivity index (χ1n) is 10.4. The number of para-hydroxylation sites is 1. The molecular weight excluding hydrogens is 398 g/mol. The highest BCUT2D eigenvalue weighted by atomic mass is 32.1. The number of rotatable bonds is 4. The van der Waals surface area contributed by atoms with Crippen molar-refractivity contribution in [3.8, 4) is 0 Å². The topological polar surface area (TPSA) is 70.7 Å². The van der Waals surface area contributed by atoms with E-state index in [0.717, 1.165) is 47.9 Å². The van der Waals surface area contributed by atoms with E-state index < -0.39 is 23.5 Å². The number of fused-ring (bicyclic) bond motifs is 1. The van der Waals surface area contributed by atoms with Crippen LogP contribution in [0.3, 0.4) is 0 Å². The van der Waals surface area contributed by atoms with Crippen LogP contribution in [0.15, 0.2) is 57.5 Å². The average molecular weight is 422 g/mol. The maximum atomic E-state index is 13.5. The van der Waals surface area contributed by atoms with E-state index in [4.69, 9.17) is 4.42 Å². The highest BCUT2D eigenvalue weighted by Gasteiger charge is 2.48. The zero-order chi connectivity index (χ0) is 20.8. The molecule has 1 unspecified atom stereocenters. The van der Waals surface area contributed by atoms with E-state index >= 15 is 0 Å². The summed E-state index contributed by atoms with van der Waals surface area (Å²) in [4.78, 5) is 29.4. The van der Waals surface area contributed by atoms with E-state index in [9.17, 15) is 14.7 Å². The summed E-state index contributed by atoms with van der Waals surface area (Å²) in [5.74, 6) is -1.16. The first-order valence-corrected chi connectivity index (χ1v) is 11.3. The van der Waals surface area contributed by atoms with Gasteiger partial charge in [-0.15, -0.1) is 11.3 Å². The highest BCUT2D eigenvalue weighted by Crippen LogP contribution is 2.45. The standard InChI is InChI=1S/C24H23NO4S/c1-14-11-12-30-23(14)20-19(21(26)18-13-15-7-5-6-10-17(15)29-18)22(27)24(28)25(20)16-8-3-2-4-9-16/h5-7,10-13,16,20,27H,2-4,8-9H2,1H3. The van der Waals surface area contributed by atoms with Gasteiger partial charge in [0.1, 0.15) is 11.6 Å². The zero-order valence-electron chi connectivity index (χ0n) is 16.8. The number of furan rings is 1. The minimum atomic E-state index is -0.568. The van der Waals surface area contributed by atoms with Crippen molar-refractivity contribution in [1.29, 1.82) is 0 Å². The van der Waals surface area contributed by atoms with Gasteiger partial charge < -0.3 is 14.4 Å². The normalized spacial score (nSPS) is 20.5. The van der Waals surface area contributed by atoms with Crippen LogP contribution in [0, 0.1) is 6.92 Å². The fraction of sp³-hybridized carbons (Fsp3) is 0.333. The molecule has 0 saturated heterocycles. The number of benzene rings is 1. The number of hydrogen-bond donors (Lipinski definition) is 1. The third-order valence-corrected chi connectivity index (χ3v) is 7.33. The van der Waals surface area contributed by atoms with E-state index in [2.05, 4.69) is 0 Å². The van der Waals surface area contributed by atoms with Crippen LogP contribution in [-0.2, 0) is 4.79 Å². The number of amides is 1. The molecular formula is C24H23NO4S. The van der Waals surface area contributed by atoms with Crippen molar-refractivity contribution in [2.75, 3.05) is 0 Å².